The van der Waals surface area contributed by atoms with Crippen LogP contribution in [0.3, 0.4) is 0 Å². The van der Waals surface area contributed by atoms with E-state index in [4.69, 9.17) is 9.47 Å². The summed E-state index contributed by atoms with van der Waals surface area (Å²) in [5.41, 5.74) is 6.04. The summed E-state index contributed by atoms with van der Waals surface area (Å²) in [6.45, 7) is 2.55. The van der Waals surface area contributed by atoms with Crippen LogP contribution in [0.4, 0.5) is 4.79 Å². The summed E-state index contributed by atoms with van der Waals surface area (Å²) in [7, 11) is 3.21. The molecule has 1 aliphatic rings. The van der Waals surface area contributed by atoms with E-state index in [-0.39, 0.29) is 12.1 Å². The smallest absolute Gasteiger partial charge is 0.315 e. The molecule has 1 aromatic heterocycles. The maximum Gasteiger partial charge on any atom is 0.315 e. The van der Waals surface area contributed by atoms with Gasteiger partial charge in [0.2, 0.25) is 0 Å². The number of aromatic nitrogens is 1. The molecule has 0 saturated heterocycles. The van der Waals surface area contributed by atoms with Gasteiger partial charge in [0.25, 0.3) is 0 Å². The number of ether oxygens (including phenoxy) is 2. The van der Waals surface area contributed by atoms with E-state index >= 15 is 0 Å². The monoisotopic (exact) mass is 393 g/mol. The minimum atomic E-state index is -0.153. The minimum Gasteiger partial charge on any atom is -0.493 e. The number of methoxy groups -OCH3 is 2. The molecule has 3 N–H and O–H groups in total. The predicted molar refractivity (Wildman–Crippen MR) is 114 cm³/mol. The standard InChI is InChI=1S/C23H27N3O3/c1-14-4-8-19-18(10-14)17-7-6-16(12-20(17)26-19)25-23(27)24-13-15-5-9-21(28-2)22(11-15)29-3/h4-5,8-11,16,26H,6-7,12-13H2,1-3H3,(H2,24,25,27). The number of hydrogen-bond donors (Lipinski definition) is 3. The zero-order chi connectivity index (χ0) is 20.4. The minimum absolute atomic E-state index is 0.127. The molecule has 0 fully saturated rings. The normalized spacial score (nSPS) is 15.6. The lowest BCUT2D eigenvalue weighted by atomic mass is 9.91. The third-order valence-electron chi connectivity index (χ3n) is 5.58. The first-order valence-electron chi connectivity index (χ1n) is 9.92. The highest BCUT2D eigenvalue weighted by molar-refractivity contribution is 5.85. The molecule has 2 aromatic carbocycles. The van der Waals surface area contributed by atoms with Gasteiger partial charge in [-0.05, 0) is 55.2 Å². The summed E-state index contributed by atoms with van der Waals surface area (Å²) in [5, 5.41) is 7.36. The van der Waals surface area contributed by atoms with Crippen molar-refractivity contribution in [3.8, 4) is 11.5 Å². The van der Waals surface area contributed by atoms with Crippen LogP contribution < -0.4 is 20.1 Å². The summed E-state index contributed by atoms with van der Waals surface area (Å²) in [4.78, 5) is 15.9. The first-order chi connectivity index (χ1) is 14.1. The van der Waals surface area contributed by atoms with Crippen LogP contribution >= 0.6 is 0 Å². The zero-order valence-corrected chi connectivity index (χ0v) is 17.1. The Labute approximate surface area is 170 Å². The summed E-state index contributed by atoms with van der Waals surface area (Å²) in [5.74, 6) is 1.33. The number of aromatic amines is 1. The van der Waals surface area contributed by atoms with Gasteiger partial charge in [-0.2, -0.15) is 0 Å². The van der Waals surface area contributed by atoms with Crippen molar-refractivity contribution in [3.63, 3.8) is 0 Å². The van der Waals surface area contributed by atoms with Crippen LogP contribution in [0.15, 0.2) is 36.4 Å². The van der Waals surface area contributed by atoms with Crippen LogP contribution in [0.5, 0.6) is 11.5 Å². The molecule has 6 nitrogen and oxygen atoms in total. The molecule has 1 atom stereocenters. The highest BCUT2D eigenvalue weighted by Gasteiger charge is 2.23. The van der Waals surface area contributed by atoms with Crippen molar-refractivity contribution in [2.45, 2.75) is 38.8 Å². The van der Waals surface area contributed by atoms with Gasteiger partial charge >= 0.3 is 6.03 Å². The molecule has 1 aliphatic carbocycles. The SMILES string of the molecule is COc1ccc(CNC(=O)NC2CCc3c([nH]c4ccc(C)cc34)C2)cc1OC. The Hall–Kier alpha value is -3.15. The lowest BCUT2D eigenvalue weighted by molar-refractivity contribution is 0.235. The molecular formula is C23H27N3O3. The van der Waals surface area contributed by atoms with Gasteiger partial charge in [-0.1, -0.05) is 17.7 Å². The average molecular weight is 393 g/mol. The molecule has 6 heteroatoms. The lowest BCUT2D eigenvalue weighted by Crippen LogP contribution is -2.44. The molecule has 0 spiro atoms. The number of carbonyl (C=O) groups excluding carboxylic acids is 1. The quantitative estimate of drug-likeness (QED) is 0.616. The third-order valence-corrected chi connectivity index (χ3v) is 5.58. The van der Waals surface area contributed by atoms with Gasteiger partial charge in [-0.25, -0.2) is 4.79 Å². The van der Waals surface area contributed by atoms with E-state index in [1.54, 1.807) is 14.2 Å². The molecule has 0 saturated carbocycles. The molecule has 29 heavy (non-hydrogen) atoms. The number of rotatable bonds is 5. The number of fused-ring (bicyclic) bond motifs is 3. The van der Waals surface area contributed by atoms with Crippen LogP contribution in [0.25, 0.3) is 10.9 Å². The lowest BCUT2D eigenvalue weighted by Gasteiger charge is -2.23. The van der Waals surface area contributed by atoms with E-state index < -0.39 is 0 Å². The highest BCUT2D eigenvalue weighted by Crippen LogP contribution is 2.30. The Balaban J connectivity index is 1.36. The van der Waals surface area contributed by atoms with E-state index in [9.17, 15) is 4.79 Å². The van der Waals surface area contributed by atoms with Gasteiger partial charge < -0.3 is 25.1 Å². The second-order valence-corrected chi connectivity index (χ2v) is 7.59. The number of carbonyl (C=O) groups is 1. The molecule has 152 valence electrons. The van der Waals surface area contributed by atoms with Crippen LogP contribution in [-0.4, -0.2) is 31.3 Å². The Morgan fingerprint density at radius 3 is 2.76 bits per heavy atom. The van der Waals surface area contributed by atoms with Gasteiger partial charge in [0.1, 0.15) is 0 Å². The van der Waals surface area contributed by atoms with Crippen LogP contribution in [0.1, 0.15) is 28.8 Å². The fourth-order valence-electron chi connectivity index (χ4n) is 4.08. The van der Waals surface area contributed by atoms with Gasteiger partial charge in [-0.3, -0.25) is 0 Å². The van der Waals surface area contributed by atoms with Crippen molar-refractivity contribution in [1.29, 1.82) is 0 Å². The first-order valence-corrected chi connectivity index (χ1v) is 9.92. The molecule has 0 radical (unpaired) electrons. The largest absolute Gasteiger partial charge is 0.493 e. The topological polar surface area (TPSA) is 75.4 Å². The predicted octanol–water partition coefficient (Wildman–Crippen LogP) is 3.85. The number of hydrogen-bond acceptors (Lipinski definition) is 3. The van der Waals surface area contributed by atoms with Crippen molar-refractivity contribution >= 4 is 16.9 Å². The highest BCUT2D eigenvalue weighted by atomic mass is 16.5. The van der Waals surface area contributed by atoms with Crippen LogP contribution in [0.2, 0.25) is 0 Å². The second kappa shape index (κ2) is 8.07. The molecule has 0 bridgehead atoms. The van der Waals surface area contributed by atoms with E-state index in [0.717, 1.165) is 24.8 Å². The molecule has 3 aromatic rings. The van der Waals surface area contributed by atoms with Gasteiger partial charge in [-0.15, -0.1) is 0 Å². The fourth-order valence-corrected chi connectivity index (χ4v) is 4.08. The Bertz CT molecular complexity index is 1040. The summed E-state index contributed by atoms with van der Waals surface area (Å²) in [6.07, 6.45) is 2.74. The molecule has 4 rings (SSSR count). The van der Waals surface area contributed by atoms with E-state index in [1.807, 2.05) is 18.2 Å². The van der Waals surface area contributed by atoms with Crippen molar-refractivity contribution in [1.82, 2.24) is 15.6 Å². The molecule has 1 unspecified atom stereocenters. The molecular weight excluding hydrogens is 366 g/mol. The zero-order valence-electron chi connectivity index (χ0n) is 17.1. The Morgan fingerprint density at radius 2 is 1.97 bits per heavy atom. The first kappa shape index (κ1) is 19.2. The maximum absolute atomic E-state index is 12.4. The summed E-state index contributed by atoms with van der Waals surface area (Å²) in [6, 6.07) is 12.1. The number of H-pyrrole nitrogens is 1. The number of urea groups is 1. The van der Waals surface area contributed by atoms with Gasteiger partial charge in [0, 0.05) is 35.6 Å². The number of aryl methyl sites for hydroxylation is 2. The number of benzene rings is 2. The second-order valence-electron chi connectivity index (χ2n) is 7.59. The van der Waals surface area contributed by atoms with Crippen molar-refractivity contribution in [2.75, 3.05) is 14.2 Å². The number of nitrogens with one attached hydrogen (secondary N) is 3. The Kier molecular flexibility index (Phi) is 5.34. The fraction of sp³-hybridized carbons (Fsp3) is 0.348. The Morgan fingerprint density at radius 1 is 1.14 bits per heavy atom. The van der Waals surface area contributed by atoms with E-state index in [0.29, 0.717) is 18.0 Å². The summed E-state index contributed by atoms with van der Waals surface area (Å²) >= 11 is 0. The molecule has 0 aliphatic heterocycles. The maximum atomic E-state index is 12.4. The van der Waals surface area contributed by atoms with Gasteiger partial charge in [0.15, 0.2) is 11.5 Å². The van der Waals surface area contributed by atoms with Crippen molar-refractivity contribution in [3.05, 3.63) is 58.8 Å². The van der Waals surface area contributed by atoms with Crippen LogP contribution in [0, 0.1) is 6.92 Å². The molecule has 2 amide bonds. The third kappa shape index (κ3) is 4.01. The van der Waals surface area contributed by atoms with Gasteiger partial charge in [0.05, 0.1) is 14.2 Å². The average Bonchev–Trinajstić information content (AvgIpc) is 3.08. The number of amides is 2. The summed E-state index contributed by atoms with van der Waals surface area (Å²) < 4.78 is 10.6. The van der Waals surface area contributed by atoms with Crippen molar-refractivity contribution < 1.29 is 14.3 Å². The van der Waals surface area contributed by atoms with Crippen molar-refractivity contribution in [2.24, 2.45) is 0 Å². The van der Waals surface area contributed by atoms with E-state index in [2.05, 4.69) is 40.7 Å². The van der Waals surface area contributed by atoms with E-state index in [1.165, 1.54) is 27.7 Å². The molecule has 1 heterocycles. The van der Waals surface area contributed by atoms with Crippen LogP contribution in [-0.2, 0) is 19.4 Å².